The number of carbonyl (C=O) groups is 1. The van der Waals surface area contributed by atoms with Gasteiger partial charge in [-0.25, -0.2) is 22.5 Å². The Kier molecular flexibility index (Phi) is 6.17. The Morgan fingerprint density at radius 3 is 2.65 bits per heavy atom. The maximum Gasteiger partial charge on any atom is 0.257 e. The fraction of sp³-hybridized carbons (Fsp3) is 0.273. The Labute approximate surface area is 184 Å². The van der Waals surface area contributed by atoms with Crippen molar-refractivity contribution in [1.82, 2.24) is 9.71 Å². The van der Waals surface area contributed by atoms with E-state index in [0.29, 0.717) is 24.0 Å². The lowest BCUT2D eigenvalue weighted by Crippen LogP contribution is -2.26. The van der Waals surface area contributed by atoms with Gasteiger partial charge in [0.05, 0.1) is 10.6 Å². The SMILES string of the molecule is Cc1nc(NC(=O)c2cccc(S(=O)(=O)NCC3CC3)c2)sc1Cc1ccc(F)cc1. The zero-order chi connectivity index (χ0) is 22.0. The zero-order valence-electron chi connectivity index (χ0n) is 16.9. The molecule has 0 saturated heterocycles. The van der Waals surface area contributed by atoms with Crippen molar-refractivity contribution in [2.75, 3.05) is 11.9 Å². The third-order valence-electron chi connectivity index (χ3n) is 5.06. The molecule has 0 unspecified atom stereocenters. The van der Waals surface area contributed by atoms with E-state index >= 15 is 0 Å². The van der Waals surface area contributed by atoms with Crippen LogP contribution in [0.3, 0.4) is 0 Å². The summed E-state index contributed by atoms with van der Waals surface area (Å²) in [5.41, 5.74) is 1.97. The summed E-state index contributed by atoms with van der Waals surface area (Å²) in [7, 11) is -3.65. The molecule has 1 heterocycles. The highest BCUT2D eigenvalue weighted by molar-refractivity contribution is 7.89. The molecule has 1 fully saturated rings. The number of hydrogen-bond donors (Lipinski definition) is 2. The Morgan fingerprint density at radius 1 is 1.19 bits per heavy atom. The predicted octanol–water partition coefficient (Wildman–Crippen LogP) is 4.12. The Balaban J connectivity index is 1.45. The molecule has 2 aromatic carbocycles. The third-order valence-corrected chi connectivity index (χ3v) is 7.55. The van der Waals surface area contributed by atoms with Gasteiger partial charge in [0.2, 0.25) is 10.0 Å². The van der Waals surface area contributed by atoms with Crippen molar-refractivity contribution in [3.63, 3.8) is 0 Å². The monoisotopic (exact) mass is 459 g/mol. The highest BCUT2D eigenvalue weighted by Gasteiger charge is 2.24. The normalized spacial score (nSPS) is 13.9. The standard InChI is InChI=1S/C22H22FN3O3S2/c1-14-20(11-15-7-9-18(23)10-8-15)30-22(25-14)26-21(27)17-3-2-4-19(12-17)31(28,29)24-13-16-5-6-16/h2-4,7-10,12,16,24H,5-6,11,13H2,1H3,(H,25,26,27). The van der Waals surface area contributed by atoms with Crippen molar-refractivity contribution in [1.29, 1.82) is 0 Å². The van der Waals surface area contributed by atoms with Crippen LogP contribution in [0.1, 0.15) is 39.3 Å². The summed E-state index contributed by atoms with van der Waals surface area (Å²) in [6.07, 6.45) is 2.67. The average Bonchev–Trinajstić information content (AvgIpc) is 3.52. The minimum absolute atomic E-state index is 0.0631. The Bertz CT molecular complexity index is 1200. The number of thiazole rings is 1. The molecule has 2 N–H and O–H groups in total. The van der Waals surface area contributed by atoms with Gasteiger partial charge in [0.1, 0.15) is 5.82 Å². The number of anilines is 1. The number of hydrogen-bond acceptors (Lipinski definition) is 5. The molecular formula is C22H22FN3O3S2. The van der Waals surface area contributed by atoms with Gasteiger partial charge in [0, 0.05) is 23.4 Å². The second-order valence-electron chi connectivity index (χ2n) is 7.61. The molecule has 0 atom stereocenters. The van der Waals surface area contributed by atoms with Gasteiger partial charge < -0.3 is 0 Å². The molecule has 9 heteroatoms. The van der Waals surface area contributed by atoms with Crippen molar-refractivity contribution in [2.45, 2.75) is 31.1 Å². The average molecular weight is 460 g/mol. The van der Waals surface area contributed by atoms with Crippen LogP contribution < -0.4 is 10.0 Å². The summed E-state index contributed by atoms with van der Waals surface area (Å²) in [6.45, 7) is 2.28. The summed E-state index contributed by atoms with van der Waals surface area (Å²) in [4.78, 5) is 18.1. The maximum absolute atomic E-state index is 13.1. The first-order valence-electron chi connectivity index (χ1n) is 9.92. The van der Waals surface area contributed by atoms with E-state index in [4.69, 9.17) is 0 Å². The lowest BCUT2D eigenvalue weighted by Gasteiger charge is -2.08. The van der Waals surface area contributed by atoms with Crippen LogP contribution in [-0.2, 0) is 16.4 Å². The summed E-state index contributed by atoms with van der Waals surface area (Å²) < 4.78 is 40.6. The van der Waals surface area contributed by atoms with Gasteiger partial charge >= 0.3 is 0 Å². The second-order valence-corrected chi connectivity index (χ2v) is 10.5. The van der Waals surface area contributed by atoms with Gasteiger partial charge in [-0.2, -0.15) is 0 Å². The fourth-order valence-electron chi connectivity index (χ4n) is 3.04. The summed E-state index contributed by atoms with van der Waals surface area (Å²) >= 11 is 1.34. The van der Waals surface area contributed by atoms with Crippen molar-refractivity contribution in [3.8, 4) is 0 Å². The second kappa shape index (κ2) is 8.86. The summed E-state index contributed by atoms with van der Waals surface area (Å²) in [6, 6.07) is 12.2. The largest absolute Gasteiger partial charge is 0.298 e. The molecule has 1 saturated carbocycles. The maximum atomic E-state index is 13.1. The fourth-order valence-corrected chi connectivity index (χ4v) is 5.19. The van der Waals surface area contributed by atoms with E-state index < -0.39 is 15.9 Å². The number of sulfonamides is 1. The highest BCUT2D eigenvalue weighted by Crippen LogP contribution is 2.28. The molecule has 0 spiro atoms. The van der Waals surface area contributed by atoms with Crippen molar-refractivity contribution in [3.05, 3.63) is 76.0 Å². The third kappa shape index (κ3) is 5.55. The molecule has 162 valence electrons. The van der Waals surface area contributed by atoms with E-state index in [1.54, 1.807) is 24.3 Å². The summed E-state index contributed by atoms with van der Waals surface area (Å²) in [5, 5.41) is 3.18. The quantitative estimate of drug-likeness (QED) is 0.530. The minimum Gasteiger partial charge on any atom is -0.298 e. The number of amides is 1. The first-order chi connectivity index (χ1) is 14.8. The first kappa shape index (κ1) is 21.6. The van der Waals surface area contributed by atoms with Gasteiger partial charge in [-0.05, 0) is 61.6 Å². The van der Waals surface area contributed by atoms with Crippen LogP contribution in [0.4, 0.5) is 9.52 Å². The van der Waals surface area contributed by atoms with Gasteiger partial charge in [-0.15, -0.1) is 11.3 Å². The Morgan fingerprint density at radius 2 is 1.94 bits per heavy atom. The lowest BCUT2D eigenvalue weighted by atomic mass is 10.1. The van der Waals surface area contributed by atoms with Crippen molar-refractivity contribution in [2.24, 2.45) is 5.92 Å². The molecular weight excluding hydrogens is 437 g/mol. The van der Waals surface area contributed by atoms with E-state index in [0.717, 1.165) is 29.0 Å². The number of nitrogens with one attached hydrogen (secondary N) is 2. The lowest BCUT2D eigenvalue weighted by molar-refractivity contribution is 0.102. The van der Waals surface area contributed by atoms with Crippen LogP contribution in [0.5, 0.6) is 0 Å². The predicted molar refractivity (Wildman–Crippen MR) is 118 cm³/mol. The van der Waals surface area contributed by atoms with Crippen LogP contribution >= 0.6 is 11.3 Å². The van der Waals surface area contributed by atoms with Crippen LogP contribution in [0, 0.1) is 18.7 Å². The summed E-state index contributed by atoms with van der Waals surface area (Å²) in [5.74, 6) is -0.301. The molecule has 1 amide bonds. The minimum atomic E-state index is -3.65. The van der Waals surface area contributed by atoms with Gasteiger partial charge in [0.25, 0.3) is 5.91 Å². The van der Waals surface area contributed by atoms with Gasteiger partial charge in [-0.1, -0.05) is 18.2 Å². The molecule has 31 heavy (non-hydrogen) atoms. The smallest absolute Gasteiger partial charge is 0.257 e. The molecule has 1 aliphatic carbocycles. The number of carbonyl (C=O) groups excluding carboxylic acids is 1. The number of halogens is 1. The van der Waals surface area contributed by atoms with E-state index in [-0.39, 0.29) is 16.3 Å². The number of nitrogens with zero attached hydrogens (tertiary/aromatic N) is 1. The van der Waals surface area contributed by atoms with Gasteiger partial charge in [0.15, 0.2) is 5.13 Å². The number of benzene rings is 2. The molecule has 1 aliphatic rings. The molecule has 1 aromatic heterocycles. The van der Waals surface area contributed by atoms with Crippen LogP contribution in [-0.4, -0.2) is 25.9 Å². The van der Waals surface area contributed by atoms with Crippen LogP contribution in [0.15, 0.2) is 53.4 Å². The molecule has 0 radical (unpaired) electrons. The van der Waals surface area contributed by atoms with E-state index in [2.05, 4.69) is 15.0 Å². The molecule has 0 aliphatic heterocycles. The molecule has 4 rings (SSSR count). The molecule has 6 nitrogen and oxygen atoms in total. The Hall–Kier alpha value is -2.62. The highest BCUT2D eigenvalue weighted by atomic mass is 32.2. The first-order valence-corrected chi connectivity index (χ1v) is 12.2. The van der Waals surface area contributed by atoms with E-state index in [9.17, 15) is 17.6 Å². The number of aromatic nitrogens is 1. The van der Waals surface area contributed by atoms with Crippen LogP contribution in [0.25, 0.3) is 0 Å². The van der Waals surface area contributed by atoms with Crippen molar-refractivity contribution >= 4 is 32.4 Å². The zero-order valence-corrected chi connectivity index (χ0v) is 18.5. The van der Waals surface area contributed by atoms with Gasteiger partial charge in [-0.3, -0.25) is 10.1 Å². The van der Waals surface area contributed by atoms with E-state index in [1.165, 1.54) is 35.6 Å². The topological polar surface area (TPSA) is 88.2 Å². The number of aryl methyl sites for hydroxylation is 1. The van der Waals surface area contributed by atoms with E-state index in [1.807, 2.05) is 6.92 Å². The number of rotatable bonds is 8. The van der Waals surface area contributed by atoms with Crippen LogP contribution in [0.2, 0.25) is 0 Å². The molecule has 3 aromatic rings. The van der Waals surface area contributed by atoms with Crippen molar-refractivity contribution < 1.29 is 17.6 Å². The molecule has 0 bridgehead atoms.